The van der Waals surface area contributed by atoms with E-state index in [4.69, 9.17) is 4.74 Å². The van der Waals surface area contributed by atoms with Crippen LogP contribution in [0, 0.1) is 17.0 Å². The van der Waals surface area contributed by atoms with Gasteiger partial charge in [-0.15, -0.1) is 0 Å². The first kappa shape index (κ1) is 28.3. The van der Waals surface area contributed by atoms with E-state index >= 15 is 0 Å². The molecule has 0 unspecified atom stereocenters. The van der Waals surface area contributed by atoms with Gasteiger partial charge in [0.05, 0.1) is 34.5 Å². The molecule has 1 amide bonds. The number of alkyl halides is 3. The number of rotatable bonds is 6. The molecule has 0 bridgehead atoms. The lowest BCUT2D eigenvalue weighted by molar-refractivity contribution is -0.385. The molecule has 1 aliphatic heterocycles. The third-order valence-electron chi connectivity index (χ3n) is 6.79. The summed E-state index contributed by atoms with van der Waals surface area (Å²) >= 11 is 0. The predicted molar refractivity (Wildman–Crippen MR) is 140 cm³/mol. The lowest BCUT2D eigenvalue weighted by atomic mass is 10.0. The van der Waals surface area contributed by atoms with E-state index in [1.165, 1.54) is 14.0 Å². The quantitative estimate of drug-likeness (QED) is 0.254. The first-order valence-electron chi connectivity index (χ1n) is 12.1. The molecule has 2 heterocycles. The van der Waals surface area contributed by atoms with E-state index in [0.717, 1.165) is 12.1 Å². The van der Waals surface area contributed by atoms with Crippen LogP contribution in [0.3, 0.4) is 0 Å². The zero-order chi connectivity index (χ0) is 28.7. The number of methoxy groups -OCH3 is 1. The zero-order valence-corrected chi connectivity index (χ0v) is 22.6. The summed E-state index contributed by atoms with van der Waals surface area (Å²) in [4.78, 5) is 32.7. The van der Waals surface area contributed by atoms with E-state index in [2.05, 4.69) is 15.3 Å². The molecule has 0 spiro atoms. The SMILES string of the molecule is COc1cc2nc(C)nc(N[C@H](C)c3cc([N+](=O)[O-])cc(C(F)(F)F)c3)c2cc1P1(=O)CCN(C(C)=O)CC1. The molecule has 10 nitrogen and oxygen atoms in total. The maximum atomic E-state index is 14.0. The van der Waals surface area contributed by atoms with Gasteiger partial charge in [-0.05, 0) is 31.5 Å². The number of hydrogen-bond donors (Lipinski definition) is 1. The second kappa shape index (κ2) is 10.4. The van der Waals surface area contributed by atoms with Crippen molar-refractivity contribution in [1.29, 1.82) is 0 Å². The number of nitro benzene ring substituents is 1. The zero-order valence-electron chi connectivity index (χ0n) is 21.7. The summed E-state index contributed by atoms with van der Waals surface area (Å²) in [5, 5.41) is 15.3. The molecule has 0 aliphatic carbocycles. The maximum absolute atomic E-state index is 14.0. The number of nitrogens with zero attached hydrogens (tertiary/aromatic N) is 4. The number of aryl methyl sites for hydroxylation is 1. The second-order valence-electron chi connectivity index (χ2n) is 9.44. The number of hydrogen-bond acceptors (Lipinski definition) is 8. The van der Waals surface area contributed by atoms with Crippen LogP contribution in [0.25, 0.3) is 10.9 Å². The van der Waals surface area contributed by atoms with E-state index in [0.29, 0.717) is 46.9 Å². The highest BCUT2D eigenvalue weighted by atomic mass is 31.2. The van der Waals surface area contributed by atoms with E-state index in [-0.39, 0.29) is 29.6 Å². The number of anilines is 1. The number of ether oxygens (including phenoxy) is 1. The van der Waals surface area contributed by atoms with Crippen molar-refractivity contribution in [3.8, 4) is 5.75 Å². The molecule has 208 valence electrons. The second-order valence-corrected chi connectivity index (χ2v) is 12.6. The van der Waals surface area contributed by atoms with Gasteiger partial charge in [-0.1, -0.05) is 0 Å². The molecule has 2 aromatic carbocycles. The molecule has 14 heteroatoms. The summed E-state index contributed by atoms with van der Waals surface area (Å²) in [6.45, 7) is 5.35. The molecular weight excluding hydrogens is 538 g/mol. The van der Waals surface area contributed by atoms with Gasteiger partial charge in [-0.3, -0.25) is 14.9 Å². The van der Waals surface area contributed by atoms with Crippen molar-refractivity contribution in [2.75, 3.05) is 37.8 Å². The minimum absolute atomic E-state index is 0.0408. The Hall–Kier alpha value is -3.73. The maximum Gasteiger partial charge on any atom is 0.416 e. The standard InChI is InChI=1S/C25H27F3N5O5P/c1-14(17-9-18(25(26,27)28)11-19(10-17)33(35)36)29-24-20-12-23(22(38-4)13-21(20)30-15(2)31-24)39(37)7-5-32(6-8-39)16(3)34/h9-14H,5-8H2,1-4H3,(H,29,30,31)/t14-/m1/s1. The normalized spacial score (nSPS) is 16.1. The minimum atomic E-state index is -4.77. The Morgan fingerprint density at radius 3 is 2.41 bits per heavy atom. The van der Waals surface area contributed by atoms with Crippen LogP contribution in [0.5, 0.6) is 5.75 Å². The van der Waals surface area contributed by atoms with Crippen molar-refractivity contribution in [1.82, 2.24) is 14.9 Å². The highest BCUT2D eigenvalue weighted by Crippen LogP contribution is 2.49. The average molecular weight is 565 g/mol. The highest BCUT2D eigenvalue weighted by molar-refractivity contribution is 7.72. The minimum Gasteiger partial charge on any atom is -0.496 e. The van der Waals surface area contributed by atoms with Crippen LogP contribution in [0.2, 0.25) is 0 Å². The van der Waals surface area contributed by atoms with Gasteiger partial charge in [0.15, 0.2) is 0 Å². The van der Waals surface area contributed by atoms with Crippen molar-refractivity contribution in [2.24, 2.45) is 0 Å². The third kappa shape index (κ3) is 5.83. The molecule has 1 saturated heterocycles. The Morgan fingerprint density at radius 1 is 1.18 bits per heavy atom. The van der Waals surface area contributed by atoms with Gasteiger partial charge < -0.3 is 19.5 Å². The molecule has 0 radical (unpaired) electrons. The lowest BCUT2D eigenvalue weighted by Gasteiger charge is -2.32. The van der Waals surface area contributed by atoms with E-state index < -0.39 is 35.5 Å². The van der Waals surface area contributed by atoms with E-state index in [1.807, 2.05) is 0 Å². The first-order valence-corrected chi connectivity index (χ1v) is 14.1. The molecule has 1 aliphatic rings. The number of halogens is 3. The fourth-order valence-corrected chi connectivity index (χ4v) is 7.40. The molecule has 1 fully saturated rings. The van der Waals surface area contributed by atoms with Crippen LogP contribution in [-0.4, -0.2) is 58.2 Å². The van der Waals surface area contributed by atoms with Crippen LogP contribution in [0.4, 0.5) is 24.7 Å². The van der Waals surface area contributed by atoms with Gasteiger partial charge in [0.2, 0.25) is 5.91 Å². The largest absolute Gasteiger partial charge is 0.496 e. The van der Waals surface area contributed by atoms with Gasteiger partial charge in [0.1, 0.15) is 24.5 Å². The highest BCUT2D eigenvalue weighted by Gasteiger charge is 2.35. The summed E-state index contributed by atoms with van der Waals surface area (Å²) < 4.78 is 59.9. The van der Waals surface area contributed by atoms with E-state index in [9.17, 15) is 32.6 Å². The number of carbonyl (C=O) groups is 1. The Bertz CT molecular complexity index is 1500. The van der Waals surface area contributed by atoms with Crippen molar-refractivity contribution in [3.63, 3.8) is 0 Å². The summed E-state index contributed by atoms with van der Waals surface area (Å²) in [5.74, 6) is 0.921. The molecule has 3 aromatic rings. The number of amides is 1. The summed E-state index contributed by atoms with van der Waals surface area (Å²) in [7, 11) is -1.51. The number of carbonyl (C=O) groups excluding carboxylic acids is 1. The Labute approximate surface area is 222 Å². The van der Waals surface area contributed by atoms with Gasteiger partial charge in [-0.2, -0.15) is 13.2 Å². The van der Waals surface area contributed by atoms with Gasteiger partial charge in [0, 0.05) is 55.9 Å². The molecule has 4 rings (SSSR count). The van der Waals surface area contributed by atoms with Gasteiger partial charge >= 0.3 is 6.18 Å². The van der Waals surface area contributed by atoms with Crippen LogP contribution < -0.4 is 15.4 Å². The molecule has 1 atom stereocenters. The van der Waals surface area contributed by atoms with Crippen LogP contribution in [0.1, 0.15) is 36.8 Å². The number of nitro groups is 1. The van der Waals surface area contributed by atoms with Crippen molar-refractivity contribution < 1.29 is 32.2 Å². The monoisotopic (exact) mass is 565 g/mol. The fourth-order valence-electron chi connectivity index (χ4n) is 4.64. The Morgan fingerprint density at radius 2 is 1.85 bits per heavy atom. The lowest BCUT2D eigenvalue weighted by Crippen LogP contribution is -2.40. The number of non-ortho nitro benzene ring substituents is 1. The first-order chi connectivity index (χ1) is 18.2. The molecule has 39 heavy (non-hydrogen) atoms. The Kier molecular flexibility index (Phi) is 7.57. The summed E-state index contributed by atoms with van der Waals surface area (Å²) in [6, 6.07) is 4.93. The van der Waals surface area contributed by atoms with Crippen LogP contribution in [0.15, 0.2) is 30.3 Å². The molecule has 1 N–H and O–H groups in total. The summed E-state index contributed by atoms with van der Waals surface area (Å²) in [6.07, 6.45) is -4.23. The van der Waals surface area contributed by atoms with E-state index in [1.54, 1.807) is 30.9 Å². The molecular formula is C25H27F3N5O5P. The summed E-state index contributed by atoms with van der Waals surface area (Å²) in [5.41, 5.74) is -1.31. The smallest absolute Gasteiger partial charge is 0.416 e. The molecule has 1 aromatic heterocycles. The topological polar surface area (TPSA) is 128 Å². The van der Waals surface area contributed by atoms with Crippen molar-refractivity contribution in [3.05, 3.63) is 57.4 Å². The van der Waals surface area contributed by atoms with Gasteiger partial charge in [-0.25, -0.2) is 9.97 Å². The van der Waals surface area contributed by atoms with Gasteiger partial charge in [0.25, 0.3) is 5.69 Å². The predicted octanol–water partition coefficient (Wildman–Crippen LogP) is 4.90. The van der Waals surface area contributed by atoms with Crippen molar-refractivity contribution in [2.45, 2.75) is 33.0 Å². The Balaban J connectivity index is 1.78. The number of nitrogens with one attached hydrogen (secondary N) is 1. The van der Waals surface area contributed by atoms with Crippen LogP contribution in [-0.2, 0) is 15.5 Å². The fraction of sp³-hybridized carbons (Fsp3) is 0.400. The third-order valence-corrected chi connectivity index (χ3v) is 9.86. The average Bonchev–Trinajstić information content (AvgIpc) is 2.87. The number of fused-ring (bicyclic) bond motifs is 1. The molecule has 0 saturated carbocycles. The van der Waals surface area contributed by atoms with Crippen LogP contribution >= 0.6 is 7.14 Å². The number of benzene rings is 2. The van der Waals surface area contributed by atoms with Crippen molar-refractivity contribution >= 4 is 40.8 Å². The number of aromatic nitrogens is 2.